The van der Waals surface area contributed by atoms with Crippen LogP contribution in [0, 0.1) is 0 Å². The maximum Gasteiger partial charge on any atom is 0.260 e. The molecule has 0 fully saturated rings. The van der Waals surface area contributed by atoms with Crippen LogP contribution in [0.15, 0.2) is 48.5 Å². The summed E-state index contributed by atoms with van der Waals surface area (Å²) in [5.41, 5.74) is 0.271. The molecular weight excluding hydrogens is 306 g/mol. The summed E-state index contributed by atoms with van der Waals surface area (Å²) in [7, 11) is 0. The predicted octanol–water partition coefficient (Wildman–Crippen LogP) is 3.15. The lowest BCUT2D eigenvalue weighted by Crippen LogP contribution is -2.55. The van der Waals surface area contributed by atoms with Crippen LogP contribution in [0.4, 0.5) is 0 Å². The van der Waals surface area contributed by atoms with E-state index in [2.05, 4.69) is 0 Å². The molecule has 0 N–H and O–H groups in total. The van der Waals surface area contributed by atoms with Crippen LogP contribution in [0.3, 0.4) is 0 Å². The summed E-state index contributed by atoms with van der Waals surface area (Å²) in [6, 6.07) is 14.2. The number of rotatable bonds is 5. The van der Waals surface area contributed by atoms with Gasteiger partial charge in [0.15, 0.2) is 12.0 Å². The third-order valence-corrected chi connectivity index (χ3v) is 3.99. The third-order valence-electron chi connectivity index (χ3n) is 3.99. The van der Waals surface area contributed by atoms with Crippen molar-refractivity contribution >= 4 is 12.2 Å². The molecule has 24 heavy (non-hydrogen) atoms. The minimum absolute atomic E-state index is 0.0888. The Hall–Kier alpha value is -2.82. The van der Waals surface area contributed by atoms with E-state index in [-0.39, 0.29) is 12.5 Å². The number of ether oxygens (including phenoxy) is 2. The molecule has 1 aliphatic heterocycles. The zero-order chi connectivity index (χ0) is 17.2. The lowest BCUT2D eigenvalue weighted by Gasteiger charge is -2.42. The molecule has 1 heterocycles. The highest BCUT2D eigenvalue weighted by Gasteiger charge is 2.39. The number of hydrogen-bond donors (Lipinski definition) is 0. The van der Waals surface area contributed by atoms with Gasteiger partial charge in [-0.25, -0.2) is 0 Å². The smallest absolute Gasteiger partial charge is 0.260 e. The maximum absolute atomic E-state index is 12.7. The van der Waals surface area contributed by atoms with Gasteiger partial charge in [0.1, 0.15) is 18.1 Å². The highest BCUT2D eigenvalue weighted by atomic mass is 16.5. The average Bonchev–Trinajstić information content (AvgIpc) is 2.57. The maximum atomic E-state index is 12.7. The van der Waals surface area contributed by atoms with E-state index in [0.29, 0.717) is 29.2 Å². The second-order valence-corrected chi connectivity index (χ2v) is 6.01. The molecule has 5 nitrogen and oxygen atoms in total. The summed E-state index contributed by atoms with van der Waals surface area (Å²) in [6.45, 7) is 4.32. The standard InChI is InChI=1S/C19H19NO4/c1-19(2)20(18(22)15-8-4-6-10-17(15)24-19)11-12-23-16-9-5-3-7-14(16)13-21/h3-10,13H,11-12H2,1-2H3. The largest absolute Gasteiger partial charge is 0.491 e. The fourth-order valence-corrected chi connectivity index (χ4v) is 2.77. The predicted molar refractivity (Wildman–Crippen MR) is 89.5 cm³/mol. The number of carbonyl (C=O) groups is 2. The van der Waals surface area contributed by atoms with Gasteiger partial charge in [0, 0.05) is 0 Å². The van der Waals surface area contributed by atoms with Crippen LogP contribution in [0.2, 0.25) is 0 Å². The molecule has 0 radical (unpaired) electrons. The van der Waals surface area contributed by atoms with Gasteiger partial charge >= 0.3 is 0 Å². The van der Waals surface area contributed by atoms with Gasteiger partial charge in [-0.3, -0.25) is 14.5 Å². The highest BCUT2D eigenvalue weighted by Crippen LogP contribution is 2.32. The molecule has 0 unspecified atom stereocenters. The molecule has 1 amide bonds. The molecule has 2 aromatic carbocycles. The van der Waals surface area contributed by atoms with Crippen molar-refractivity contribution in [2.45, 2.75) is 19.6 Å². The van der Waals surface area contributed by atoms with Crippen LogP contribution >= 0.6 is 0 Å². The molecule has 3 rings (SSSR count). The summed E-state index contributed by atoms with van der Waals surface area (Å²) in [5, 5.41) is 0. The van der Waals surface area contributed by atoms with Crippen LogP contribution in [0.25, 0.3) is 0 Å². The fourth-order valence-electron chi connectivity index (χ4n) is 2.77. The van der Waals surface area contributed by atoms with E-state index in [1.807, 2.05) is 26.0 Å². The van der Waals surface area contributed by atoms with Gasteiger partial charge in [-0.15, -0.1) is 0 Å². The van der Waals surface area contributed by atoms with Crippen molar-refractivity contribution < 1.29 is 19.1 Å². The van der Waals surface area contributed by atoms with Crippen LogP contribution in [0.1, 0.15) is 34.6 Å². The SMILES string of the molecule is CC1(C)Oc2ccccc2C(=O)N1CCOc1ccccc1C=O. The van der Waals surface area contributed by atoms with Crippen LogP contribution in [-0.4, -0.2) is 36.0 Å². The first-order valence-electron chi connectivity index (χ1n) is 7.80. The summed E-state index contributed by atoms with van der Waals surface area (Å²) >= 11 is 0. The number of aldehydes is 1. The molecule has 1 aliphatic rings. The number of fused-ring (bicyclic) bond motifs is 1. The Morgan fingerprint density at radius 2 is 1.83 bits per heavy atom. The molecule has 0 saturated heterocycles. The Bertz CT molecular complexity index is 769. The Kier molecular flexibility index (Phi) is 4.25. The van der Waals surface area contributed by atoms with Gasteiger partial charge in [0.05, 0.1) is 17.7 Å². The van der Waals surface area contributed by atoms with Crippen molar-refractivity contribution in [2.75, 3.05) is 13.2 Å². The van der Waals surface area contributed by atoms with Crippen molar-refractivity contribution in [3.05, 3.63) is 59.7 Å². The molecule has 0 bridgehead atoms. The minimum atomic E-state index is -0.765. The van der Waals surface area contributed by atoms with E-state index in [0.717, 1.165) is 6.29 Å². The summed E-state index contributed by atoms with van der Waals surface area (Å²) < 4.78 is 11.6. The van der Waals surface area contributed by atoms with E-state index in [4.69, 9.17) is 9.47 Å². The Labute approximate surface area is 140 Å². The summed E-state index contributed by atoms with van der Waals surface area (Å²) in [4.78, 5) is 25.4. The second kappa shape index (κ2) is 6.35. The molecule has 0 aliphatic carbocycles. The number of para-hydroxylation sites is 2. The van der Waals surface area contributed by atoms with Crippen molar-refractivity contribution in [3.8, 4) is 11.5 Å². The van der Waals surface area contributed by atoms with Crippen LogP contribution in [0.5, 0.6) is 11.5 Å². The number of carbonyl (C=O) groups excluding carboxylic acids is 2. The normalized spacial score (nSPS) is 15.4. The topological polar surface area (TPSA) is 55.8 Å². The number of amides is 1. The van der Waals surface area contributed by atoms with Gasteiger partial charge in [-0.2, -0.15) is 0 Å². The van der Waals surface area contributed by atoms with Gasteiger partial charge in [-0.05, 0) is 38.1 Å². The van der Waals surface area contributed by atoms with Gasteiger partial charge < -0.3 is 9.47 Å². The first-order chi connectivity index (χ1) is 11.5. The highest BCUT2D eigenvalue weighted by molar-refractivity contribution is 5.98. The molecule has 5 heteroatoms. The Morgan fingerprint density at radius 3 is 2.62 bits per heavy atom. The van der Waals surface area contributed by atoms with Gasteiger partial charge in [-0.1, -0.05) is 24.3 Å². The average molecular weight is 325 g/mol. The molecular formula is C19H19NO4. The number of hydrogen-bond acceptors (Lipinski definition) is 4. The minimum Gasteiger partial charge on any atom is -0.491 e. The molecule has 0 aromatic heterocycles. The van der Waals surface area contributed by atoms with E-state index < -0.39 is 5.72 Å². The Balaban J connectivity index is 1.73. The zero-order valence-electron chi connectivity index (χ0n) is 13.7. The van der Waals surface area contributed by atoms with Crippen LogP contribution in [-0.2, 0) is 0 Å². The van der Waals surface area contributed by atoms with Crippen molar-refractivity contribution in [2.24, 2.45) is 0 Å². The number of benzene rings is 2. The van der Waals surface area contributed by atoms with Crippen molar-refractivity contribution in [1.82, 2.24) is 4.90 Å². The first kappa shape index (κ1) is 16.1. The van der Waals surface area contributed by atoms with E-state index >= 15 is 0 Å². The molecule has 2 aromatic rings. The quantitative estimate of drug-likeness (QED) is 0.793. The zero-order valence-corrected chi connectivity index (χ0v) is 13.7. The monoisotopic (exact) mass is 325 g/mol. The lowest BCUT2D eigenvalue weighted by atomic mass is 10.1. The second-order valence-electron chi connectivity index (χ2n) is 6.01. The summed E-state index contributed by atoms with van der Waals surface area (Å²) in [5.74, 6) is 1.01. The summed E-state index contributed by atoms with van der Waals surface area (Å²) in [6.07, 6.45) is 0.755. The van der Waals surface area contributed by atoms with Crippen molar-refractivity contribution in [1.29, 1.82) is 0 Å². The Morgan fingerprint density at radius 1 is 1.12 bits per heavy atom. The van der Waals surface area contributed by atoms with E-state index in [9.17, 15) is 9.59 Å². The van der Waals surface area contributed by atoms with Crippen molar-refractivity contribution in [3.63, 3.8) is 0 Å². The molecule has 0 atom stereocenters. The first-order valence-corrected chi connectivity index (χ1v) is 7.80. The fraction of sp³-hybridized carbons (Fsp3) is 0.263. The molecule has 0 spiro atoms. The molecule has 0 saturated carbocycles. The lowest BCUT2D eigenvalue weighted by molar-refractivity contribution is -0.0531. The third kappa shape index (κ3) is 2.97. The van der Waals surface area contributed by atoms with Crippen LogP contribution < -0.4 is 9.47 Å². The molecule has 124 valence electrons. The van der Waals surface area contributed by atoms with E-state index in [1.54, 1.807) is 41.3 Å². The van der Waals surface area contributed by atoms with E-state index in [1.165, 1.54) is 0 Å². The van der Waals surface area contributed by atoms with Gasteiger partial charge in [0.2, 0.25) is 0 Å². The van der Waals surface area contributed by atoms with Gasteiger partial charge in [0.25, 0.3) is 5.91 Å². The number of nitrogens with zero attached hydrogens (tertiary/aromatic N) is 1.